The van der Waals surface area contributed by atoms with Gasteiger partial charge in [-0.15, -0.1) is 0 Å². The van der Waals surface area contributed by atoms with Crippen LogP contribution in [0.2, 0.25) is 5.02 Å². The molecule has 0 bridgehead atoms. The van der Waals surface area contributed by atoms with Crippen LogP contribution in [-0.4, -0.2) is 11.2 Å². The van der Waals surface area contributed by atoms with Crippen LogP contribution in [0.4, 0.5) is 4.79 Å². The fourth-order valence-corrected chi connectivity index (χ4v) is 1.26. The molecule has 0 unspecified atom stereocenters. The molecule has 0 saturated carbocycles. The zero-order chi connectivity index (χ0) is 9.84. The molecule has 0 aliphatic heterocycles. The molecule has 0 spiro atoms. The van der Waals surface area contributed by atoms with E-state index in [4.69, 9.17) is 16.7 Å². The second kappa shape index (κ2) is 4.14. The predicted octanol–water partition coefficient (Wildman–Crippen LogP) is 2.42. The maximum absolute atomic E-state index is 10.2. The number of hydrogen-bond donors (Lipinski definition) is 2. The number of aryl methyl sites for hydroxylation is 1. The third kappa shape index (κ3) is 2.95. The Balaban J connectivity index is 2.72. The Morgan fingerprint density at radius 2 is 2.31 bits per heavy atom. The highest BCUT2D eigenvalue weighted by atomic mass is 35.5. The van der Waals surface area contributed by atoms with Crippen LogP contribution < -0.4 is 5.32 Å². The van der Waals surface area contributed by atoms with Crippen molar-refractivity contribution in [2.45, 2.75) is 13.5 Å². The fraction of sp³-hybridized carbons (Fsp3) is 0.222. The highest BCUT2D eigenvalue weighted by Gasteiger charge is 2.00. The predicted molar refractivity (Wildman–Crippen MR) is 51.1 cm³/mol. The molecule has 3 nitrogen and oxygen atoms in total. The molecule has 4 heteroatoms. The lowest BCUT2D eigenvalue weighted by molar-refractivity contribution is 0.194. The first-order chi connectivity index (χ1) is 6.09. The third-order valence-corrected chi connectivity index (χ3v) is 1.97. The number of carbonyl (C=O) groups is 1. The zero-order valence-electron chi connectivity index (χ0n) is 7.17. The van der Waals surface area contributed by atoms with Crippen LogP contribution >= 0.6 is 11.6 Å². The molecular formula is C9H10ClNO2. The molecule has 0 aromatic heterocycles. The third-order valence-electron chi connectivity index (χ3n) is 1.73. The van der Waals surface area contributed by atoms with Crippen molar-refractivity contribution < 1.29 is 9.90 Å². The Labute approximate surface area is 81.3 Å². The molecule has 1 amide bonds. The van der Waals surface area contributed by atoms with E-state index in [2.05, 4.69) is 5.32 Å². The van der Waals surface area contributed by atoms with E-state index >= 15 is 0 Å². The van der Waals surface area contributed by atoms with Gasteiger partial charge in [0.15, 0.2) is 0 Å². The first-order valence-electron chi connectivity index (χ1n) is 3.81. The minimum Gasteiger partial charge on any atom is -0.465 e. The van der Waals surface area contributed by atoms with Gasteiger partial charge in [0, 0.05) is 11.6 Å². The highest BCUT2D eigenvalue weighted by Crippen LogP contribution is 2.14. The Morgan fingerprint density at radius 3 is 2.85 bits per heavy atom. The van der Waals surface area contributed by atoms with Crippen molar-refractivity contribution in [3.05, 3.63) is 34.3 Å². The summed E-state index contributed by atoms with van der Waals surface area (Å²) in [6.45, 7) is 2.21. The van der Waals surface area contributed by atoms with Gasteiger partial charge in [0.2, 0.25) is 0 Å². The van der Waals surface area contributed by atoms with Crippen molar-refractivity contribution in [1.29, 1.82) is 0 Å². The molecule has 0 heterocycles. The second-order valence-electron chi connectivity index (χ2n) is 2.73. The normalized spacial score (nSPS) is 9.69. The van der Waals surface area contributed by atoms with E-state index in [-0.39, 0.29) is 0 Å². The smallest absolute Gasteiger partial charge is 0.404 e. The summed E-state index contributed by atoms with van der Waals surface area (Å²) in [7, 11) is 0. The minimum absolute atomic E-state index is 0.318. The van der Waals surface area contributed by atoms with Crippen LogP contribution in [0.25, 0.3) is 0 Å². The first kappa shape index (κ1) is 9.86. The molecule has 0 aliphatic rings. The molecule has 1 aromatic rings. The minimum atomic E-state index is -1.02. The lowest BCUT2D eigenvalue weighted by atomic mass is 10.1. The lowest BCUT2D eigenvalue weighted by Crippen LogP contribution is -2.20. The van der Waals surface area contributed by atoms with Crippen LogP contribution in [0.15, 0.2) is 18.2 Å². The maximum atomic E-state index is 10.2. The van der Waals surface area contributed by atoms with Gasteiger partial charge in [0.05, 0.1) is 0 Å². The monoisotopic (exact) mass is 199 g/mol. The Morgan fingerprint density at radius 1 is 1.62 bits per heavy atom. The molecule has 13 heavy (non-hydrogen) atoms. The molecule has 0 fully saturated rings. The summed E-state index contributed by atoms with van der Waals surface area (Å²) in [5.74, 6) is 0. The highest BCUT2D eigenvalue weighted by molar-refractivity contribution is 6.30. The average Bonchev–Trinajstić information content (AvgIpc) is 2.02. The molecule has 1 aromatic carbocycles. The largest absolute Gasteiger partial charge is 0.465 e. The van der Waals surface area contributed by atoms with E-state index in [9.17, 15) is 4.79 Å². The van der Waals surface area contributed by atoms with Crippen LogP contribution in [0.5, 0.6) is 0 Å². The molecule has 0 saturated heterocycles. The van der Waals surface area contributed by atoms with Gasteiger partial charge in [-0.3, -0.25) is 0 Å². The fourth-order valence-electron chi connectivity index (χ4n) is 1.03. The van der Waals surface area contributed by atoms with Crippen molar-refractivity contribution in [3.8, 4) is 0 Å². The SMILES string of the molecule is Cc1cc(Cl)ccc1CNC(=O)O. The van der Waals surface area contributed by atoms with Crippen molar-refractivity contribution in [2.24, 2.45) is 0 Å². The van der Waals surface area contributed by atoms with Gasteiger partial charge in [0.1, 0.15) is 0 Å². The molecular weight excluding hydrogens is 190 g/mol. The van der Waals surface area contributed by atoms with Gasteiger partial charge in [-0.1, -0.05) is 17.7 Å². The van der Waals surface area contributed by atoms with Crippen LogP contribution in [0.3, 0.4) is 0 Å². The number of hydrogen-bond acceptors (Lipinski definition) is 1. The summed E-state index contributed by atoms with van der Waals surface area (Å²) in [4.78, 5) is 10.2. The molecule has 0 radical (unpaired) electrons. The number of carboxylic acid groups (broad SMARTS) is 1. The Hall–Kier alpha value is -1.22. The first-order valence-corrected chi connectivity index (χ1v) is 4.19. The molecule has 2 N–H and O–H groups in total. The quantitative estimate of drug-likeness (QED) is 0.769. The zero-order valence-corrected chi connectivity index (χ0v) is 7.93. The van der Waals surface area contributed by atoms with Crippen LogP contribution in [0.1, 0.15) is 11.1 Å². The number of amides is 1. The number of halogens is 1. The van der Waals surface area contributed by atoms with Crippen LogP contribution in [-0.2, 0) is 6.54 Å². The van der Waals surface area contributed by atoms with E-state index in [1.165, 1.54) is 0 Å². The van der Waals surface area contributed by atoms with Crippen molar-refractivity contribution in [2.75, 3.05) is 0 Å². The van der Waals surface area contributed by atoms with E-state index in [0.29, 0.717) is 11.6 Å². The van der Waals surface area contributed by atoms with Gasteiger partial charge in [-0.2, -0.15) is 0 Å². The maximum Gasteiger partial charge on any atom is 0.404 e. The second-order valence-corrected chi connectivity index (χ2v) is 3.17. The lowest BCUT2D eigenvalue weighted by Gasteiger charge is -2.05. The van der Waals surface area contributed by atoms with Gasteiger partial charge in [0.25, 0.3) is 0 Å². The van der Waals surface area contributed by atoms with Gasteiger partial charge in [-0.25, -0.2) is 4.79 Å². The van der Waals surface area contributed by atoms with E-state index < -0.39 is 6.09 Å². The van der Waals surface area contributed by atoms with E-state index in [1.54, 1.807) is 12.1 Å². The summed E-state index contributed by atoms with van der Waals surface area (Å²) in [5, 5.41) is 11.3. The summed E-state index contributed by atoms with van der Waals surface area (Å²) >= 11 is 5.74. The standard InChI is InChI=1S/C9H10ClNO2/c1-6-4-8(10)3-2-7(6)5-11-9(12)13/h2-4,11H,5H2,1H3,(H,12,13). The summed E-state index contributed by atoms with van der Waals surface area (Å²) in [5.41, 5.74) is 1.92. The number of nitrogens with one attached hydrogen (secondary N) is 1. The molecule has 1 rings (SSSR count). The molecule has 0 atom stereocenters. The van der Waals surface area contributed by atoms with Gasteiger partial charge < -0.3 is 10.4 Å². The summed E-state index contributed by atoms with van der Waals surface area (Å²) in [6.07, 6.45) is -1.02. The summed E-state index contributed by atoms with van der Waals surface area (Å²) < 4.78 is 0. The number of benzene rings is 1. The van der Waals surface area contributed by atoms with Gasteiger partial charge in [-0.05, 0) is 30.2 Å². The van der Waals surface area contributed by atoms with Crippen molar-refractivity contribution in [3.63, 3.8) is 0 Å². The van der Waals surface area contributed by atoms with E-state index in [0.717, 1.165) is 11.1 Å². The Bertz CT molecular complexity index is 325. The van der Waals surface area contributed by atoms with Crippen molar-refractivity contribution >= 4 is 17.7 Å². The van der Waals surface area contributed by atoms with E-state index in [1.807, 2.05) is 13.0 Å². The van der Waals surface area contributed by atoms with Crippen molar-refractivity contribution in [1.82, 2.24) is 5.32 Å². The average molecular weight is 200 g/mol. The van der Waals surface area contributed by atoms with Crippen LogP contribution in [0, 0.1) is 6.92 Å². The van der Waals surface area contributed by atoms with Gasteiger partial charge >= 0.3 is 6.09 Å². The summed E-state index contributed by atoms with van der Waals surface area (Å²) in [6, 6.07) is 5.36. The number of rotatable bonds is 2. The topological polar surface area (TPSA) is 49.3 Å². The Kier molecular flexibility index (Phi) is 3.14. The molecule has 70 valence electrons. The molecule has 0 aliphatic carbocycles.